The SMILES string of the molecule is COCC(=O)NCC[C@@H]1CN(c2ncccn2)Cc2ccnn21. The van der Waals surface area contributed by atoms with Crippen LogP contribution in [0.25, 0.3) is 0 Å². The first-order chi connectivity index (χ1) is 11.3. The average Bonchev–Trinajstić information content (AvgIpc) is 3.04. The molecule has 2 aromatic heterocycles. The number of carbonyl (C=O) groups is 1. The summed E-state index contributed by atoms with van der Waals surface area (Å²) in [5.74, 6) is 0.612. The molecule has 0 spiro atoms. The Hall–Kier alpha value is -2.48. The van der Waals surface area contributed by atoms with Crippen LogP contribution in [0.1, 0.15) is 18.2 Å². The topological polar surface area (TPSA) is 85.2 Å². The first kappa shape index (κ1) is 15.4. The van der Waals surface area contributed by atoms with Gasteiger partial charge in [0.1, 0.15) is 6.61 Å². The summed E-state index contributed by atoms with van der Waals surface area (Å²) < 4.78 is 6.84. The summed E-state index contributed by atoms with van der Waals surface area (Å²) in [6, 6.07) is 3.98. The van der Waals surface area contributed by atoms with Gasteiger partial charge in [-0.15, -0.1) is 0 Å². The summed E-state index contributed by atoms with van der Waals surface area (Å²) in [6.45, 7) is 2.16. The molecule has 1 atom stereocenters. The quantitative estimate of drug-likeness (QED) is 0.830. The van der Waals surface area contributed by atoms with Gasteiger partial charge in [-0.2, -0.15) is 5.10 Å². The molecule has 2 aromatic rings. The molecule has 1 aliphatic rings. The standard InChI is InChI=1S/C15H20N6O2/c1-23-11-14(22)16-7-3-12-9-20(15-17-5-2-6-18-15)10-13-4-8-19-21(12)13/h2,4-6,8,12H,3,7,9-11H2,1H3,(H,16,22)/t12-/m1/s1. The van der Waals surface area contributed by atoms with Gasteiger partial charge in [-0.3, -0.25) is 9.48 Å². The Morgan fingerprint density at radius 3 is 3.00 bits per heavy atom. The van der Waals surface area contributed by atoms with Gasteiger partial charge < -0.3 is 15.0 Å². The van der Waals surface area contributed by atoms with E-state index in [2.05, 4.69) is 25.3 Å². The second kappa shape index (κ2) is 7.19. The lowest BCUT2D eigenvalue weighted by atomic mass is 10.1. The Morgan fingerprint density at radius 2 is 2.22 bits per heavy atom. The minimum Gasteiger partial charge on any atom is -0.375 e. The number of carbonyl (C=O) groups excluding carboxylic acids is 1. The van der Waals surface area contributed by atoms with E-state index in [0.29, 0.717) is 12.5 Å². The molecule has 0 aliphatic carbocycles. The Kier molecular flexibility index (Phi) is 4.82. The van der Waals surface area contributed by atoms with Crippen molar-refractivity contribution in [2.45, 2.75) is 19.0 Å². The maximum atomic E-state index is 11.5. The fraction of sp³-hybridized carbons (Fsp3) is 0.467. The van der Waals surface area contributed by atoms with E-state index in [-0.39, 0.29) is 18.6 Å². The molecule has 0 saturated heterocycles. The van der Waals surface area contributed by atoms with Gasteiger partial charge in [0, 0.05) is 38.8 Å². The van der Waals surface area contributed by atoms with Crippen molar-refractivity contribution in [2.24, 2.45) is 0 Å². The fourth-order valence-corrected chi connectivity index (χ4v) is 2.77. The van der Waals surface area contributed by atoms with Crippen molar-refractivity contribution < 1.29 is 9.53 Å². The predicted molar refractivity (Wildman–Crippen MR) is 83.8 cm³/mol. The number of anilines is 1. The Labute approximate surface area is 134 Å². The summed E-state index contributed by atoms with van der Waals surface area (Å²) in [4.78, 5) is 22.3. The molecule has 8 heteroatoms. The molecule has 122 valence electrons. The van der Waals surface area contributed by atoms with Crippen LogP contribution in [0.15, 0.2) is 30.7 Å². The molecule has 0 aromatic carbocycles. The second-order valence-corrected chi connectivity index (χ2v) is 5.42. The van der Waals surface area contributed by atoms with Crippen molar-refractivity contribution >= 4 is 11.9 Å². The van der Waals surface area contributed by atoms with Gasteiger partial charge in [0.05, 0.1) is 18.3 Å². The summed E-state index contributed by atoms with van der Waals surface area (Å²) in [6.07, 6.45) is 6.08. The van der Waals surface area contributed by atoms with Gasteiger partial charge in [-0.05, 0) is 18.6 Å². The van der Waals surface area contributed by atoms with Crippen molar-refractivity contribution in [1.29, 1.82) is 0 Å². The lowest BCUT2D eigenvalue weighted by Gasteiger charge is -2.33. The van der Waals surface area contributed by atoms with Crippen molar-refractivity contribution in [3.05, 3.63) is 36.4 Å². The number of hydrogen-bond acceptors (Lipinski definition) is 6. The van der Waals surface area contributed by atoms with Crippen molar-refractivity contribution in [3.63, 3.8) is 0 Å². The van der Waals surface area contributed by atoms with Crippen molar-refractivity contribution in [2.75, 3.05) is 31.7 Å². The molecule has 0 fully saturated rings. The van der Waals surface area contributed by atoms with Gasteiger partial charge >= 0.3 is 0 Å². The van der Waals surface area contributed by atoms with Gasteiger partial charge in [0.15, 0.2) is 0 Å². The predicted octanol–water partition coefficient (Wildman–Crippen LogP) is 0.387. The maximum absolute atomic E-state index is 11.5. The largest absolute Gasteiger partial charge is 0.375 e. The van der Waals surface area contributed by atoms with E-state index >= 15 is 0 Å². The Bertz CT molecular complexity index is 644. The van der Waals surface area contributed by atoms with Crippen LogP contribution in [-0.4, -0.2) is 52.5 Å². The van der Waals surface area contributed by atoms with Gasteiger partial charge in [-0.25, -0.2) is 9.97 Å². The highest BCUT2D eigenvalue weighted by Crippen LogP contribution is 2.24. The van der Waals surface area contributed by atoms with Gasteiger partial charge in [0.2, 0.25) is 11.9 Å². The number of rotatable bonds is 6. The highest BCUT2D eigenvalue weighted by molar-refractivity contribution is 5.77. The monoisotopic (exact) mass is 316 g/mol. The van der Waals surface area contributed by atoms with Crippen LogP contribution in [0.3, 0.4) is 0 Å². The van der Waals surface area contributed by atoms with Crippen LogP contribution in [0.5, 0.6) is 0 Å². The molecule has 0 saturated carbocycles. The fourth-order valence-electron chi connectivity index (χ4n) is 2.77. The van der Waals surface area contributed by atoms with Crippen molar-refractivity contribution in [1.82, 2.24) is 25.1 Å². The molecule has 8 nitrogen and oxygen atoms in total. The number of methoxy groups -OCH3 is 1. The number of hydrogen-bond donors (Lipinski definition) is 1. The molecule has 3 heterocycles. The van der Waals surface area contributed by atoms with Crippen molar-refractivity contribution in [3.8, 4) is 0 Å². The van der Waals surface area contributed by atoms with Crippen LogP contribution < -0.4 is 10.2 Å². The smallest absolute Gasteiger partial charge is 0.245 e. The molecule has 23 heavy (non-hydrogen) atoms. The summed E-state index contributed by atoms with van der Waals surface area (Å²) in [7, 11) is 1.51. The zero-order valence-corrected chi connectivity index (χ0v) is 13.1. The molecule has 0 radical (unpaired) electrons. The normalized spacial score (nSPS) is 16.9. The Morgan fingerprint density at radius 1 is 1.39 bits per heavy atom. The van der Waals surface area contributed by atoms with Crippen LogP contribution in [-0.2, 0) is 16.1 Å². The first-order valence-electron chi connectivity index (χ1n) is 7.58. The van der Waals surface area contributed by atoms with Gasteiger partial charge in [0.25, 0.3) is 0 Å². The van der Waals surface area contributed by atoms with E-state index in [1.807, 2.05) is 10.7 Å². The van der Waals surface area contributed by atoms with Crippen LogP contribution >= 0.6 is 0 Å². The molecular formula is C15H20N6O2. The Balaban J connectivity index is 1.66. The third-order valence-corrected chi connectivity index (χ3v) is 3.79. The average molecular weight is 316 g/mol. The minimum absolute atomic E-state index is 0.0850. The highest BCUT2D eigenvalue weighted by Gasteiger charge is 2.26. The molecular weight excluding hydrogens is 296 g/mol. The number of nitrogens with one attached hydrogen (secondary N) is 1. The third-order valence-electron chi connectivity index (χ3n) is 3.79. The van der Waals surface area contributed by atoms with E-state index in [9.17, 15) is 4.79 Å². The minimum atomic E-state index is -0.104. The van der Waals surface area contributed by atoms with E-state index in [0.717, 1.165) is 25.2 Å². The lowest BCUT2D eigenvalue weighted by Crippen LogP contribution is -2.40. The number of ether oxygens (including phenoxy) is 1. The van der Waals surface area contributed by atoms with E-state index in [1.165, 1.54) is 7.11 Å². The van der Waals surface area contributed by atoms with Crippen LogP contribution in [0.2, 0.25) is 0 Å². The third kappa shape index (κ3) is 3.65. The van der Waals surface area contributed by atoms with E-state index in [1.54, 1.807) is 24.7 Å². The molecule has 1 N–H and O–H groups in total. The zero-order valence-electron chi connectivity index (χ0n) is 13.1. The van der Waals surface area contributed by atoms with Crippen LogP contribution in [0.4, 0.5) is 5.95 Å². The highest BCUT2D eigenvalue weighted by atomic mass is 16.5. The number of nitrogens with zero attached hydrogens (tertiary/aromatic N) is 5. The van der Waals surface area contributed by atoms with Gasteiger partial charge in [-0.1, -0.05) is 0 Å². The number of fused-ring (bicyclic) bond motifs is 1. The summed E-state index contributed by atoms with van der Waals surface area (Å²) in [5.41, 5.74) is 1.12. The molecule has 0 unspecified atom stereocenters. The van der Waals surface area contributed by atoms with E-state index < -0.39 is 0 Å². The summed E-state index contributed by atoms with van der Waals surface area (Å²) >= 11 is 0. The van der Waals surface area contributed by atoms with Crippen LogP contribution in [0, 0.1) is 0 Å². The number of aromatic nitrogens is 4. The molecule has 1 aliphatic heterocycles. The number of amides is 1. The zero-order chi connectivity index (χ0) is 16.1. The first-order valence-corrected chi connectivity index (χ1v) is 7.58. The molecule has 3 rings (SSSR count). The van der Waals surface area contributed by atoms with E-state index in [4.69, 9.17) is 4.74 Å². The summed E-state index contributed by atoms with van der Waals surface area (Å²) in [5, 5.41) is 7.27. The maximum Gasteiger partial charge on any atom is 0.245 e. The lowest BCUT2D eigenvalue weighted by molar-refractivity contribution is -0.124. The molecule has 0 bridgehead atoms. The molecule has 1 amide bonds. The second-order valence-electron chi connectivity index (χ2n) is 5.42.